The predicted octanol–water partition coefficient (Wildman–Crippen LogP) is 1.73. The summed E-state index contributed by atoms with van der Waals surface area (Å²) in [6.45, 7) is 4.01. The van der Waals surface area contributed by atoms with Crippen LogP contribution in [-0.4, -0.2) is 48.3 Å². The second-order valence-electron chi connectivity index (χ2n) is 4.61. The fourth-order valence-electron chi connectivity index (χ4n) is 2.15. The van der Waals surface area contributed by atoms with Crippen LogP contribution in [0.2, 0.25) is 0 Å². The molecule has 2 heterocycles. The maximum absolute atomic E-state index is 12.5. The van der Waals surface area contributed by atoms with Gasteiger partial charge in [0.15, 0.2) is 0 Å². The van der Waals surface area contributed by atoms with E-state index in [2.05, 4.69) is 18.8 Å². The fraction of sp³-hybridized carbons (Fsp3) is 0.533. The number of carbonyl (C=O) groups is 1. The first-order valence-corrected chi connectivity index (χ1v) is 7.71. The third kappa shape index (κ3) is 3.60. The molecule has 0 bridgehead atoms. The summed E-state index contributed by atoms with van der Waals surface area (Å²) in [5.74, 6) is 5.89. The number of rotatable bonds is 3. The summed E-state index contributed by atoms with van der Waals surface area (Å²) in [7, 11) is 0. The molecule has 108 valence electrons. The molecular weight excluding hydrogens is 274 g/mol. The van der Waals surface area contributed by atoms with E-state index in [1.54, 1.807) is 0 Å². The number of hydrogen-bond acceptors (Lipinski definition) is 4. The van der Waals surface area contributed by atoms with E-state index in [0.29, 0.717) is 31.7 Å². The first-order valence-electron chi connectivity index (χ1n) is 6.83. The number of carbonyl (C=O) groups excluding carboxylic acids is 1. The molecule has 1 unspecified atom stereocenters. The van der Waals surface area contributed by atoms with E-state index in [0.717, 1.165) is 11.3 Å². The van der Waals surface area contributed by atoms with Gasteiger partial charge in [0.05, 0.1) is 36.3 Å². The molecule has 5 heteroatoms. The predicted molar refractivity (Wildman–Crippen MR) is 78.8 cm³/mol. The van der Waals surface area contributed by atoms with Crippen LogP contribution in [0.5, 0.6) is 0 Å². The Morgan fingerprint density at radius 2 is 2.50 bits per heavy atom. The molecule has 0 radical (unpaired) electrons. The number of thiophene rings is 1. The normalized spacial score (nSPS) is 18.5. The Morgan fingerprint density at radius 3 is 3.25 bits per heavy atom. The number of ether oxygens (including phenoxy) is 1. The van der Waals surface area contributed by atoms with E-state index in [1.165, 1.54) is 11.3 Å². The molecule has 0 aromatic carbocycles. The van der Waals surface area contributed by atoms with E-state index in [4.69, 9.17) is 9.84 Å². The van der Waals surface area contributed by atoms with Crippen molar-refractivity contribution in [3.63, 3.8) is 0 Å². The maximum Gasteiger partial charge on any atom is 0.255 e. The van der Waals surface area contributed by atoms with Gasteiger partial charge < -0.3 is 14.7 Å². The number of amides is 1. The van der Waals surface area contributed by atoms with Gasteiger partial charge in [0.1, 0.15) is 0 Å². The van der Waals surface area contributed by atoms with Gasteiger partial charge in [-0.1, -0.05) is 18.8 Å². The summed E-state index contributed by atoms with van der Waals surface area (Å²) in [5.41, 5.74) is 0.698. The van der Waals surface area contributed by atoms with Crippen molar-refractivity contribution in [3.8, 4) is 11.8 Å². The number of hydrogen-bond donors (Lipinski definition) is 1. The van der Waals surface area contributed by atoms with E-state index in [-0.39, 0.29) is 18.6 Å². The van der Waals surface area contributed by atoms with Crippen LogP contribution in [0.15, 0.2) is 11.4 Å². The summed E-state index contributed by atoms with van der Waals surface area (Å²) in [5, 5.41) is 10.5. The molecule has 1 N–H and O–H groups in total. The minimum absolute atomic E-state index is 0.0617. The molecule has 0 spiro atoms. The third-order valence-electron chi connectivity index (χ3n) is 3.25. The van der Waals surface area contributed by atoms with Crippen molar-refractivity contribution in [3.05, 3.63) is 21.9 Å². The van der Waals surface area contributed by atoms with Crippen LogP contribution in [0.4, 0.5) is 0 Å². The summed E-state index contributed by atoms with van der Waals surface area (Å²) < 4.78 is 5.42. The maximum atomic E-state index is 12.5. The molecule has 4 nitrogen and oxygen atoms in total. The van der Waals surface area contributed by atoms with Crippen LogP contribution in [-0.2, 0) is 4.74 Å². The Morgan fingerprint density at radius 1 is 1.65 bits per heavy atom. The average Bonchev–Trinajstić information content (AvgIpc) is 2.95. The fourth-order valence-corrected chi connectivity index (χ4v) is 2.89. The van der Waals surface area contributed by atoms with Crippen molar-refractivity contribution >= 4 is 17.2 Å². The molecule has 1 saturated heterocycles. The van der Waals surface area contributed by atoms with Gasteiger partial charge in [0.25, 0.3) is 5.91 Å². The third-order valence-corrected chi connectivity index (χ3v) is 4.10. The molecule has 1 atom stereocenters. The van der Waals surface area contributed by atoms with Crippen molar-refractivity contribution < 1.29 is 14.6 Å². The molecule has 0 saturated carbocycles. The standard InChI is InChI=1S/C15H19NO3S/c1-2-13-10-19-8-6-16(13)15(18)12-9-14(20-11-12)5-3-4-7-17/h9,11,13,17H,2,4,6-8,10H2,1H3. The number of aliphatic hydroxyl groups excluding tert-OH is 1. The Kier molecular flexibility index (Phi) is 5.60. The van der Waals surface area contributed by atoms with Crippen LogP contribution < -0.4 is 0 Å². The highest BCUT2D eigenvalue weighted by Gasteiger charge is 2.27. The second kappa shape index (κ2) is 7.44. The molecule has 1 aliphatic rings. The smallest absolute Gasteiger partial charge is 0.255 e. The summed E-state index contributed by atoms with van der Waals surface area (Å²) in [6.07, 6.45) is 1.36. The van der Waals surface area contributed by atoms with Crippen molar-refractivity contribution in [1.82, 2.24) is 4.90 Å². The van der Waals surface area contributed by atoms with Crippen molar-refractivity contribution in [2.75, 3.05) is 26.4 Å². The van der Waals surface area contributed by atoms with Crippen LogP contribution in [0.25, 0.3) is 0 Å². The molecule has 1 aromatic heterocycles. The van der Waals surface area contributed by atoms with Crippen LogP contribution in [0.1, 0.15) is 35.0 Å². The van der Waals surface area contributed by atoms with Gasteiger partial charge in [0.2, 0.25) is 0 Å². The summed E-state index contributed by atoms with van der Waals surface area (Å²) in [6, 6.07) is 2.00. The first kappa shape index (κ1) is 15.0. The molecule has 1 aliphatic heterocycles. The number of aliphatic hydroxyl groups is 1. The van der Waals surface area contributed by atoms with Gasteiger partial charge in [-0.05, 0) is 12.5 Å². The lowest BCUT2D eigenvalue weighted by molar-refractivity contribution is -0.00276. The minimum atomic E-state index is 0.0617. The monoisotopic (exact) mass is 293 g/mol. The number of nitrogens with zero attached hydrogens (tertiary/aromatic N) is 1. The lowest BCUT2D eigenvalue weighted by Gasteiger charge is -2.34. The lowest BCUT2D eigenvalue weighted by atomic mass is 10.1. The lowest BCUT2D eigenvalue weighted by Crippen LogP contribution is -2.48. The van der Waals surface area contributed by atoms with Gasteiger partial charge in [0, 0.05) is 18.3 Å². The van der Waals surface area contributed by atoms with E-state index < -0.39 is 0 Å². The molecule has 1 aromatic rings. The molecule has 20 heavy (non-hydrogen) atoms. The highest BCUT2D eigenvalue weighted by Crippen LogP contribution is 2.19. The Labute approximate surface area is 123 Å². The van der Waals surface area contributed by atoms with Gasteiger partial charge in [-0.2, -0.15) is 0 Å². The molecule has 1 fully saturated rings. The van der Waals surface area contributed by atoms with Crippen LogP contribution in [0, 0.1) is 11.8 Å². The molecule has 1 amide bonds. The largest absolute Gasteiger partial charge is 0.395 e. The average molecular weight is 293 g/mol. The topological polar surface area (TPSA) is 49.8 Å². The Hall–Kier alpha value is -1.35. The van der Waals surface area contributed by atoms with E-state index in [1.807, 2.05) is 16.3 Å². The Bertz CT molecular complexity index is 515. The van der Waals surface area contributed by atoms with Crippen molar-refractivity contribution in [2.45, 2.75) is 25.8 Å². The Balaban J connectivity index is 2.07. The van der Waals surface area contributed by atoms with Gasteiger partial charge in [-0.15, -0.1) is 11.3 Å². The second-order valence-corrected chi connectivity index (χ2v) is 5.52. The van der Waals surface area contributed by atoms with Crippen LogP contribution >= 0.6 is 11.3 Å². The SMILES string of the molecule is CCC1COCCN1C(=O)c1csc(C#CCCO)c1. The van der Waals surface area contributed by atoms with Crippen molar-refractivity contribution in [1.29, 1.82) is 0 Å². The molecule has 0 aliphatic carbocycles. The summed E-state index contributed by atoms with van der Waals surface area (Å²) in [4.78, 5) is 15.3. The van der Waals surface area contributed by atoms with E-state index in [9.17, 15) is 4.79 Å². The van der Waals surface area contributed by atoms with Crippen LogP contribution in [0.3, 0.4) is 0 Å². The minimum Gasteiger partial charge on any atom is -0.395 e. The van der Waals surface area contributed by atoms with Gasteiger partial charge in [-0.25, -0.2) is 0 Å². The van der Waals surface area contributed by atoms with Gasteiger partial charge >= 0.3 is 0 Å². The van der Waals surface area contributed by atoms with E-state index >= 15 is 0 Å². The quantitative estimate of drug-likeness (QED) is 0.864. The van der Waals surface area contributed by atoms with Gasteiger partial charge in [-0.3, -0.25) is 4.79 Å². The van der Waals surface area contributed by atoms with Crippen molar-refractivity contribution in [2.24, 2.45) is 0 Å². The zero-order valence-electron chi connectivity index (χ0n) is 11.6. The number of morpholine rings is 1. The zero-order chi connectivity index (χ0) is 14.4. The zero-order valence-corrected chi connectivity index (χ0v) is 12.4. The molecular formula is C15H19NO3S. The first-order chi connectivity index (χ1) is 9.76. The highest BCUT2D eigenvalue weighted by molar-refractivity contribution is 7.10. The summed E-state index contributed by atoms with van der Waals surface area (Å²) >= 11 is 1.47. The molecule has 2 rings (SSSR count). The highest BCUT2D eigenvalue weighted by atomic mass is 32.1.